The predicted molar refractivity (Wildman–Crippen MR) is 422 cm³/mol. The summed E-state index contributed by atoms with van der Waals surface area (Å²) in [4.78, 5) is 62.7. The lowest BCUT2D eigenvalue weighted by molar-refractivity contribution is -0.151. The Morgan fingerprint density at radius 3 is 0.778 bits per heavy atom. The molecule has 12 nitrogen and oxygen atoms in total. The smallest absolute Gasteiger partial charge is 0.306 e. The lowest BCUT2D eigenvalue weighted by Crippen LogP contribution is -2.28. The number of hydrogen-bond donors (Lipinski definition) is 2. The molecule has 588 valence electrons. The van der Waals surface area contributed by atoms with Crippen molar-refractivity contribution in [3.63, 3.8) is 0 Å². The number of unbranched alkanes of at least 4 members (excludes halogenated alkanes) is 48. The van der Waals surface area contributed by atoms with Gasteiger partial charge in [0.1, 0.15) is 12.2 Å². The van der Waals surface area contributed by atoms with Gasteiger partial charge in [-0.05, 0) is 142 Å². The summed E-state index contributed by atoms with van der Waals surface area (Å²) in [5, 5.41) is 12.8. The first-order chi connectivity index (χ1) is 48.6. The van der Waals surface area contributed by atoms with E-state index in [9.17, 15) is 29.1 Å². The summed E-state index contributed by atoms with van der Waals surface area (Å²) in [6.45, 7) is 19.3. The molecule has 0 radical (unpaired) electrons. The third-order valence-electron chi connectivity index (χ3n) is 20.0. The second-order valence-corrected chi connectivity index (χ2v) is 29.9. The fraction of sp³-hybridized carbons (Fsp3) is 0.943. The zero-order chi connectivity index (χ0) is 72.5. The molecule has 0 fully saturated rings. The van der Waals surface area contributed by atoms with E-state index < -0.39 is 5.97 Å². The maximum Gasteiger partial charge on any atom is 0.306 e. The molecule has 2 N–H and O–H groups in total. The van der Waals surface area contributed by atoms with Crippen LogP contribution < -0.4 is 5.32 Å². The highest BCUT2D eigenvalue weighted by molar-refractivity contribution is 5.70. The number of carboxylic acid groups (broad SMARTS) is 1. The molecule has 0 aromatic heterocycles. The predicted octanol–water partition coefficient (Wildman–Crippen LogP) is 26.1. The minimum Gasteiger partial charge on any atom is -0.481 e. The van der Waals surface area contributed by atoms with E-state index in [2.05, 4.69) is 51.8 Å². The van der Waals surface area contributed by atoms with E-state index in [4.69, 9.17) is 18.9 Å². The highest BCUT2D eigenvalue weighted by atomic mass is 16.6. The van der Waals surface area contributed by atoms with Gasteiger partial charge >= 0.3 is 29.8 Å². The fourth-order valence-corrected chi connectivity index (χ4v) is 13.3. The summed E-state index contributed by atoms with van der Waals surface area (Å²) in [7, 11) is 0. The topological polar surface area (TPSA) is 158 Å². The van der Waals surface area contributed by atoms with E-state index >= 15 is 0 Å². The summed E-state index contributed by atoms with van der Waals surface area (Å²) >= 11 is 0. The Morgan fingerprint density at radius 2 is 0.495 bits per heavy atom. The molecule has 99 heavy (non-hydrogen) atoms. The Balaban J connectivity index is 0. The number of hydrogen-bond acceptors (Lipinski definition) is 11. The van der Waals surface area contributed by atoms with Crippen LogP contribution in [0.3, 0.4) is 0 Å². The summed E-state index contributed by atoms with van der Waals surface area (Å²) in [5.74, 6) is -0.786. The summed E-state index contributed by atoms with van der Waals surface area (Å²) < 4.78 is 22.8. The minimum absolute atomic E-state index is 0.0103. The van der Waals surface area contributed by atoms with Crippen LogP contribution >= 0.6 is 0 Å². The van der Waals surface area contributed by atoms with Gasteiger partial charge in [0.25, 0.3) is 0 Å². The third-order valence-corrected chi connectivity index (χ3v) is 20.0. The molecule has 0 atom stereocenters. The number of esters is 4. The van der Waals surface area contributed by atoms with Gasteiger partial charge in [0.2, 0.25) is 0 Å². The molecule has 0 unspecified atom stereocenters. The largest absolute Gasteiger partial charge is 0.481 e. The van der Waals surface area contributed by atoms with Crippen molar-refractivity contribution in [3.8, 4) is 0 Å². The molecule has 0 saturated carbocycles. The van der Waals surface area contributed by atoms with Crippen LogP contribution in [0.25, 0.3) is 0 Å². The summed E-state index contributed by atoms with van der Waals surface area (Å²) in [5.41, 5.74) is 0. The molecular formula is C87H170N2O10. The highest BCUT2D eigenvalue weighted by Gasteiger charge is 2.17. The van der Waals surface area contributed by atoms with Gasteiger partial charge in [0.15, 0.2) is 0 Å². The number of rotatable bonds is 81. The van der Waals surface area contributed by atoms with Crippen LogP contribution in [0.1, 0.15) is 472 Å². The van der Waals surface area contributed by atoms with Crippen molar-refractivity contribution in [1.82, 2.24) is 10.2 Å². The second kappa shape index (κ2) is 84.2. The summed E-state index contributed by atoms with van der Waals surface area (Å²) in [6.07, 6.45) is 76.7. The highest BCUT2D eigenvalue weighted by Crippen LogP contribution is 2.22. The van der Waals surface area contributed by atoms with Crippen LogP contribution in [0.2, 0.25) is 0 Å². The molecule has 0 spiro atoms. The van der Waals surface area contributed by atoms with Crippen LogP contribution in [0.15, 0.2) is 0 Å². The molecule has 0 aromatic rings. The monoisotopic (exact) mass is 1400 g/mol. The molecule has 0 bridgehead atoms. The Morgan fingerprint density at radius 1 is 0.263 bits per heavy atom. The van der Waals surface area contributed by atoms with Crippen molar-refractivity contribution < 1.29 is 48.0 Å². The zero-order valence-electron chi connectivity index (χ0n) is 67.0. The van der Waals surface area contributed by atoms with Crippen LogP contribution in [-0.2, 0) is 42.9 Å². The van der Waals surface area contributed by atoms with Gasteiger partial charge in [0, 0.05) is 32.2 Å². The van der Waals surface area contributed by atoms with Crippen LogP contribution in [-0.4, -0.2) is 98.0 Å². The van der Waals surface area contributed by atoms with Crippen LogP contribution in [0.5, 0.6) is 0 Å². The molecule has 0 aliphatic heterocycles. The van der Waals surface area contributed by atoms with Gasteiger partial charge in [-0.2, -0.15) is 0 Å². The maximum absolute atomic E-state index is 12.7. The van der Waals surface area contributed by atoms with E-state index in [-0.39, 0.29) is 42.5 Å². The standard InChI is InChI=1S/C45H87NO6.C42H83NO4/c1-4-7-10-13-16-25-32-41-51-44(49)35-28-21-17-23-30-38-46(40-37-43(47)48)39-31-24-18-22-29-36-45(50)52-42(33-26-19-14-11-8-5-2)34-27-20-15-12-9-6-3;1-4-7-10-13-16-25-32-39-46-41(44)35-28-21-17-23-30-37-43-38-31-24-18-22-29-36-42(45)47-40(33-26-19-14-11-8-5-2)34-27-20-15-12-9-6-3/h42H,4-41H2,1-3H3,(H,47,48);40,43H,4-39H2,1-3H3. The number of carbonyl (C=O) groups excluding carboxylic acids is 4. The molecule has 0 aliphatic carbocycles. The molecule has 0 saturated heterocycles. The van der Waals surface area contributed by atoms with Gasteiger partial charge < -0.3 is 34.3 Å². The van der Waals surface area contributed by atoms with Gasteiger partial charge in [-0.1, -0.05) is 324 Å². The molecule has 0 aromatic carbocycles. The van der Waals surface area contributed by atoms with E-state index in [0.29, 0.717) is 45.4 Å². The van der Waals surface area contributed by atoms with Crippen molar-refractivity contribution in [2.45, 2.75) is 484 Å². The number of nitrogens with zero attached hydrogens (tertiary/aromatic N) is 1. The molecule has 0 aliphatic rings. The number of nitrogens with one attached hydrogen (secondary N) is 1. The first-order valence-corrected chi connectivity index (χ1v) is 43.9. The average Bonchev–Trinajstić information content (AvgIpc) is 3.34. The Labute approximate surface area is 614 Å². The number of carboxylic acids is 1. The number of aliphatic carboxylic acids is 1. The van der Waals surface area contributed by atoms with Crippen molar-refractivity contribution >= 4 is 29.8 Å². The Bertz CT molecular complexity index is 1630. The fourth-order valence-electron chi connectivity index (χ4n) is 13.3. The first-order valence-electron chi connectivity index (χ1n) is 43.9. The number of ether oxygens (including phenoxy) is 4. The van der Waals surface area contributed by atoms with E-state index in [1.807, 2.05) is 0 Å². The van der Waals surface area contributed by atoms with Crippen molar-refractivity contribution in [1.29, 1.82) is 0 Å². The average molecular weight is 1400 g/mol. The Kier molecular flexibility index (Phi) is 83.6. The number of carbonyl (C=O) groups is 5. The van der Waals surface area contributed by atoms with Crippen molar-refractivity contribution in [2.75, 3.05) is 45.9 Å². The second-order valence-electron chi connectivity index (χ2n) is 29.9. The van der Waals surface area contributed by atoms with Crippen LogP contribution in [0, 0.1) is 0 Å². The van der Waals surface area contributed by atoms with E-state index in [1.165, 1.54) is 263 Å². The van der Waals surface area contributed by atoms with Gasteiger partial charge in [-0.25, -0.2) is 0 Å². The summed E-state index contributed by atoms with van der Waals surface area (Å²) in [6, 6.07) is 0. The SMILES string of the molecule is CCCCCCCCCOC(=O)CCCCCCCN(CCCCCCCC(=O)OC(CCCCCCCC)CCCCCCCC)CCC(=O)O.CCCCCCCCCOC(=O)CCCCCCCNCCCCCCCC(=O)OC(CCCCCCCC)CCCCCCCC. The lowest BCUT2D eigenvalue weighted by atomic mass is 10.0. The maximum atomic E-state index is 12.7. The Hall–Kier alpha value is -2.73. The van der Waals surface area contributed by atoms with Gasteiger partial charge in [0.05, 0.1) is 19.6 Å². The van der Waals surface area contributed by atoms with E-state index in [1.54, 1.807) is 0 Å². The minimum atomic E-state index is -0.739. The molecule has 0 rings (SSSR count). The van der Waals surface area contributed by atoms with Gasteiger partial charge in [-0.3, -0.25) is 24.0 Å². The van der Waals surface area contributed by atoms with Crippen molar-refractivity contribution in [2.24, 2.45) is 0 Å². The third kappa shape index (κ3) is 82.4. The molecule has 12 heteroatoms. The first kappa shape index (κ1) is 98.3. The molecule has 0 amide bonds. The quantitative estimate of drug-likeness (QED) is 0.0338. The van der Waals surface area contributed by atoms with Gasteiger partial charge in [-0.15, -0.1) is 0 Å². The van der Waals surface area contributed by atoms with E-state index in [0.717, 1.165) is 161 Å². The zero-order valence-corrected chi connectivity index (χ0v) is 67.0. The normalized spacial score (nSPS) is 11.4. The van der Waals surface area contributed by atoms with Crippen molar-refractivity contribution in [3.05, 3.63) is 0 Å². The molecular weight excluding hydrogens is 1230 g/mol. The molecule has 0 heterocycles. The lowest BCUT2D eigenvalue weighted by Gasteiger charge is -2.21. The van der Waals surface area contributed by atoms with Crippen LogP contribution in [0.4, 0.5) is 0 Å².